The van der Waals surface area contributed by atoms with Gasteiger partial charge in [-0.15, -0.1) is 11.6 Å². The van der Waals surface area contributed by atoms with E-state index in [1.165, 1.54) is 12.1 Å². The topological polar surface area (TPSA) is 37.4 Å². The molecule has 102 valence electrons. The van der Waals surface area contributed by atoms with Gasteiger partial charge >= 0.3 is 0 Å². The lowest BCUT2D eigenvalue weighted by Crippen LogP contribution is -2.37. The van der Waals surface area contributed by atoms with Crippen molar-refractivity contribution in [3.05, 3.63) is 30.1 Å². The van der Waals surface area contributed by atoms with Crippen LogP contribution in [0.3, 0.4) is 0 Å². The van der Waals surface area contributed by atoms with Crippen molar-refractivity contribution in [3.63, 3.8) is 0 Å². The Morgan fingerprint density at radius 2 is 1.89 bits per heavy atom. The highest BCUT2D eigenvalue weighted by molar-refractivity contribution is 7.89. The van der Waals surface area contributed by atoms with Gasteiger partial charge in [-0.05, 0) is 12.1 Å². The molecule has 0 amide bonds. The number of rotatable bonds is 6. The third-order valence-corrected chi connectivity index (χ3v) is 4.20. The fourth-order valence-corrected chi connectivity index (χ4v) is 3.14. The second kappa shape index (κ2) is 6.40. The SMILES string of the molecule is O=S(=O)(c1ccccc1F)N(CCCl)CC(F)F. The van der Waals surface area contributed by atoms with Gasteiger partial charge < -0.3 is 0 Å². The molecule has 0 N–H and O–H groups in total. The predicted molar refractivity (Wildman–Crippen MR) is 61.9 cm³/mol. The lowest BCUT2D eigenvalue weighted by atomic mass is 10.4. The summed E-state index contributed by atoms with van der Waals surface area (Å²) in [5.41, 5.74) is 0. The number of halogens is 4. The molecule has 0 radical (unpaired) electrons. The zero-order valence-corrected chi connectivity index (χ0v) is 10.8. The molecule has 0 aliphatic rings. The zero-order valence-electron chi connectivity index (χ0n) is 9.19. The molecule has 3 nitrogen and oxygen atoms in total. The minimum absolute atomic E-state index is 0.152. The van der Waals surface area contributed by atoms with Crippen LogP contribution in [-0.4, -0.2) is 38.1 Å². The largest absolute Gasteiger partial charge is 0.252 e. The molecule has 8 heteroatoms. The zero-order chi connectivity index (χ0) is 13.8. The molecule has 0 saturated carbocycles. The fraction of sp³-hybridized carbons (Fsp3) is 0.400. The van der Waals surface area contributed by atoms with Crippen molar-refractivity contribution < 1.29 is 21.6 Å². The van der Waals surface area contributed by atoms with E-state index in [1.54, 1.807) is 0 Å². The summed E-state index contributed by atoms with van der Waals surface area (Å²) in [5.74, 6) is -1.13. The standard InChI is InChI=1S/C10H11ClF3NO2S/c11-5-6-15(7-10(13)14)18(16,17)9-4-2-1-3-8(9)12/h1-4,10H,5-7H2. The number of hydrogen-bond donors (Lipinski definition) is 0. The van der Waals surface area contributed by atoms with E-state index in [0.29, 0.717) is 4.31 Å². The first-order valence-electron chi connectivity index (χ1n) is 4.98. The van der Waals surface area contributed by atoms with Crippen LogP contribution in [0.25, 0.3) is 0 Å². The van der Waals surface area contributed by atoms with Crippen LogP contribution in [0.15, 0.2) is 29.2 Å². The summed E-state index contributed by atoms with van der Waals surface area (Å²) < 4.78 is 62.4. The molecule has 0 spiro atoms. The summed E-state index contributed by atoms with van der Waals surface area (Å²) in [5, 5.41) is 0. The summed E-state index contributed by atoms with van der Waals surface area (Å²) in [7, 11) is -4.30. The average Bonchev–Trinajstić information content (AvgIpc) is 2.28. The highest BCUT2D eigenvalue weighted by atomic mass is 35.5. The second-order valence-corrected chi connectivity index (χ2v) is 5.66. The van der Waals surface area contributed by atoms with E-state index >= 15 is 0 Å². The normalized spacial score (nSPS) is 12.3. The van der Waals surface area contributed by atoms with Crippen molar-refractivity contribution in [1.82, 2.24) is 4.31 Å². The number of alkyl halides is 3. The molecule has 1 aromatic carbocycles. The first-order chi connectivity index (χ1) is 8.39. The highest BCUT2D eigenvalue weighted by Gasteiger charge is 2.28. The Hall–Kier alpha value is -0.790. The lowest BCUT2D eigenvalue weighted by Gasteiger charge is -2.20. The molecule has 0 fully saturated rings. The van der Waals surface area contributed by atoms with Crippen molar-refractivity contribution in [2.45, 2.75) is 11.3 Å². The maximum absolute atomic E-state index is 13.4. The first kappa shape index (κ1) is 15.3. The van der Waals surface area contributed by atoms with Crippen LogP contribution in [-0.2, 0) is 10.0 Å². The number of sulfonamides is 1. The monoisotopic (exact) mass is 301 g/mol. The smallest absolute Gasteiger partial charge is 0.209 e. The number of nitrogens with zero attached hydrogens (tertiary/aromatic N) is 1. The van der Waals surface area contributed by atoms with Crippen molar-refractivity contribution in [2.24, 2.45) is 0 Å². The molecule has 1 aromatic rings. The van der Waals surface area contributed by atoms with Crippen LogP contribution in [0.5, 0.6) is 0 Å². The molecule has 0 bridgehead atoms. The molecule has 0 aliphatic heterocycles. The van der Waals surface area contributed by atoms with Gasteiger partial charge in [0, 0.05) is 12.4 Å². The summed E-state index contributed by atoms with van der Waals surface area (Å²) in [6.45, 7) is -1.31. The van der Waals surface area contributed by atoms with Gasteiger partial charge in [0.15, 0.2) is 0 Å². The Morgan fingerprint density at radius 3 is 2.39 bits per heavy atom. The van der Waals surface area contributed by atoms with E-state index in [-0.39, 0.29) is 12.4 Å². The molecular weight excluding hydrogens is 291 g/mol. The summed E-state index contributed by atoms with van der Waals surface area (Å²) in [6, 6.07) is 4.61. The van der Waals surface area contributed by atoms with Crippen LogP contribution in [0, 0.1) is 5.82 Å². The van der Waals surface area contributed by atoms with Gasteiger partial charge in [0.05, 0.1) is 6.54 Å². The van der Waals surface area contributed by atoms with E-state index in [9.17, 15) is 21.6 Å². The summed E-state index contributed by atoms with van der Waals surface area (Å²) >= 11 is 5.37. The quantitative estimate of drug-likeness (QED) is 0.756. The maximum atomic E-state index is 13.4. The highest BCUT2D eigenvalue weighted by Crippen LogP contribution is 2.19. The third kappa shape index (κ3) is 3.60. The van der Waals surface area contributed by atoms with Crippen molar-refractivity contribution in [3.8, 4) is 0 Å². The van der Waals surface area contributed by atoms with Gasteiger partial charge in [0.2, 0.25) is 10.0 Å². The van der Waals surface area contributed by atoms with Gasteiger partial charge in [-0.1, -0.05) is 12.1 Å². The maximum Gasteiger partial charge on any atom is 0.252 e. The van der Waals surface area contributed by atoms with Gasteiger partial charge in [-0.25, -0.2) is 21.6 Å². The van der Waals surface area contributed by atoms with Crippen LogP contribution in [0.2, 0.25) is 0 Å². The van der Waals surface area contributed by atoms with Gasteiger partial charge in [-0.2, -0.15) is 4.31 Å². The van der Waals surface area contributed by atoms with Crippen LogP contribution < -0.4 is 0 Å². The molecule has 0 aromatic heterocycles. The van der Waals surface area contributed by atoms with Crippen molar-refractivity contribution >= 4 is 21.6 Å². The lowest BCUT2D eigenvalue weighted by molar-refractivity contribution is 0.121. The molecule has 0 heterocycles. The Morgan fingerprint density at radius 1 is 1.28 bits per heavy atom. The molecular formula is C10H11ClF3NO2S. The van der Waals surface area contributed by atoms with Crippen LogP contribution in [0.4, 0.5) is 13.2 Å². The van der Waals surface area contributed by atoms with Crippen LogP contribution >= 0.6 is 11.6 Å². The van der Waals surface area contributed by atoms with E-state index in [1.807, 2.05) is 0 Å². The van der Waals surface area contributed by atoms with Crippen molar-refractivity contribution in [1.29, 1.82) is 0 Å². The van der Waals surface area contributed by atoms with Gasteiger partial charge in [-0.3, -0.25) is 0 Å². The third-order valence-electron chi connectivity index (χ3n) is 2.13. The Labute approximate surface area is 108 Å². The fourth-order valence-electron chi connectivity index (χ4n) is 1.35. The van der Waals surface area contributed by atoms with E-state index in [0.717, 1.165) is 12.1 Å². The van der Waals surface area contributed by atoms with E-state index < -0.39 is 33.7 Å². The van der Waals surface area contributed by atoms with Crippen LogP contribution in [0.1, 0.15) is 0 Å². The van der Waals surface area contributed by atoms with E-state index in [2.05, 4.69) is 0 Å². The number of hydrogen-bond acceptors (Lipinski definition) is 2. The molecule has 0 unspecified atom stereocenters. The number of benzene rings is 1. The van der Waals surface area contributed by atoms with E-state index in [4.69, 9.17) is 11.6 Å². The Balaban J connectivity index is 3.13. The Kier molecular flexibility index (Phi) is 5.43. The average molecular weight is 302 g/mol. The summed E-state index contributed by atoms with van der Waals surface area (Å²) in [6.07, 6.45) is -2.85. The van der Waals surface area contributed by atoms with Gasteiger partial charge in [0.25, 0.3) is 6.43 Å². The minimum Gasteiger partial charge on any atom is -0.209 e. The molecule has 0 atom stereocenters. The molecule has 0 saturated heterocycles. The molecule has 0 aliphatic carbocycles. The van der Waals surface area contributed by atoms with Crippen molar-refractivity contribution in [2.75, 3.05) is 19.0 Å². The Bertz CT molecular complexity index is 496. The summed E-state index contributed by atoms with van der Waals surface area (Å²) in [4.78, 5) is -0.629. The molecule has 18 heavy (non-hydrogen) atoms. The minimum atomic E-state index is -4.30. The first-order valence-corrected chi connectivity index (χ1v) is 6.96. The molecule has 1 rings (SSSR count). The second-order valence-electron chi connectivity index (χ2n) is 3.37. The predicted octanol–water partition coefficient (Wildman–Crippen LogP) is 2.32. The van der Waals surface area contributed by atoms with Gasteiger partial charge in [0.1, 0.15) is 10.7 Å².